The maximum Gasteiger partial charge on any atom is 0.333 e. The Morgan fingerprint density at radius 1 is 1.00 bits per heavy atom. The normalized spacial score (nSPS) is 16.5. The Bertz CT molecular complexity index is 857. The summed E-state index contributed by atoms with van der Waals surface area (Å²) >= 11 is 0. The van der Waals surface area contributed by atoms with Gasteiger partial charge in [-0.3, -0.25) is 28.9 Å². The molecule has 11 nitrogen and oxygen atoms in total. The van der Waals surface area contributed by atoms with Crippen molar-refractivity contribution in [3.05, 3.63) is 12.2 Å². The van der Waals surface area contributed by atoms with Crippen molar-refractivity contribution in [3.8, 4) is 0 Å². The van der Waals surface area contributed by atoms with Gasteiger partial charge in [0.05, 0.1) is 12.0 Å². The van der Waals surface area contributed by atoms with Crippen LogP contribution in [0.2, 0.25) is 0 Å². The summed E-state index contributed by atoms with van der Waals surface area (Å²) in [5.74, 6) is -2.83. The van der Waals surface area contributed by atoms with E-state index in [1.165, 1.54) is 12.2 Å². The maximum atomic E-state index is 12.3. The van der Waals surface area contributed by atoms with Crippen LogP contribution in [0, 0.1) is 5.41 Å². The van der Waals surface area contributed by atoms with E-state index in [0.29, 0.717) is 30.9 Å². The Kier molecular flexibility index (Phi) is 9.70. The fourth-order valence-corrected chi connectivity index (χ4v) is 3.78. The van der Waals surface area contributed by atoms with E-state index in [1.54, 1.807) is 0 Å². The molecule has 0 atom stereocenters. The summed E-state index contributed by atoms with van der Waals surface area (Å²) in [6.45, 7) is 8.24. The van der Waals surface area contributed by atoms with Gasteiger partial charge in [-0.05, 0) is 24.7 Å². The second-order valence-corrected chi connectivity index (χ2v) is 9.56. The lowest BCUT2D eigenvalue weighted by Gasteiger charge is -2.34. The predicted octanol–water partition coefficient (Wildman–Crippen LogP) is 1.41. The number of carbonyl (C=O) groups excluding carboxylic acids is 6. The molecular formula is C24H35N3O8. The first kappa shape index (κ1) is 28.2. The third-order valence-corrected chi connectivity index (χ3v) is 6.37. The van der Waals surface area contributed by atoms with Gasteiger partial charge in [-0.1, -0.05) is 27.7 Å². The van der Waals surface area contributed by atoms with Gasteiger partial charge in [0.1, 0.15) is 0 Å². The molecule has 5 amide bonds. The molecule has 11 heteroatoms. The predicted molar refractivity (Wildman–Crippen MR) is 123 cm³/mol. The van der Waals surface area contributed by atoms with Gasteiger partial charge in [0.2, 0.25) is 5.91 Å². The smallest absolute Gasteiger partial charge is 0.333 e. The van der Waals surface area contributed by atoms with E-state index in [0.717, 1.165) is 4.90 Å². The minimum absolute atomic E-state index is 0.000164. The summed E-state index contributed by atoms with van der Waals surface area (Å²) in [6, 6.07) is 0. The van der Waals surface area contributed by atoms with E-state index >= 15 is 0 Å². The van der Waals surface area contributed by atoms with Crippen LogP contribution in [0.25, 0.3) is 0 Å². The Morgan fingerprint density at radius 2 is 1.57 bits per heavy atom. The van der Waals surface area contributed by atoms with Gasteiger partial charge in [0, 0.05) is 51.1 Å². The third kappa shape index (κ3) is 7.98. The quantitative estimate of drug-likeness (QED) is 0.358. The average molecular weight is 494 g/mol. The Hall–Kier alpha value is -3.08. The van der Waals surface area contributed by atoms with E-state index in [9.17, 15) is 28.8 Å². The molecule has 0 bridgehead atoms. The number of hydroxylamine groups is 2. The number of nitrogens with one attached hydrogen (secondary N) is 1. The summed E-state index contributed by atoms with van der Waals surface area (Å²) in [5, 5.41) is 3.37. The molecule has 35 heavy (non-hydrogen) atoms. The highest BCUT2D eigenvalue weighted by Gasteiger charge is 2.35. The zero-order chi connectivity index (χ0) is 26.2. The van der Waals surface area contributed by atoms with E-state index in [1.807, 2.05) is 27.7 Å². The minimum Gasteiger partial charge on any atom is -0.373 e. The number of hydrogen-bond acceptors (Lipinski definition) is 8. The summed E-state index contributed by atoms with van der Waals surface area (Å²) in [6.07, 6.45) is 4.23. The van der Waals surface area contributed by atoms with E-state index in [2.05, 4.69) is 5.32 Å². The standard InChI is InChI=1S/C24H35N3O8/c1-5-24(6-2,16-25-17(28)11-13-26-18(29)7-8-19(26)30)34-14-12-23(3,4)15-22(33)35-27-20(31)9-10-21(27)32/h7-8H,5-6,9-16H2,1-4H3,(H,25,28). The lowest BCUT2D eigenvalue weighted by Crippen LogP contribution is -2.45. The third-order valence-electron chi connectivity index (χ3n) is 6.37. The number of imide groups is 2. The van der Waals surface area contributed by atoms with Crippen LogP contribution in [0.5, 0.6) is 0 Å². The van der Waals surface area contributed by atoms with Crippen LogP contribution in [0.15, 0.2) is 12.2 Å². The van der Waals surface area contributed by atoms with Gasteiger partial charge in [0.25, 0.3) is 23.6 Å². The zero-order valence-corrected chi connectivity index (χ0v) is 20.9. The highest BCUT2D eigenvalue weighted by molar-refractivity contribution is 6.13. The fourth-order valence-electron chi connectivity index (χ4n) is 3.78. The summed E-state index contributed by atoms with van der Waals surface area (Å²) in [5.41, 5.74) is -1.12. The first-order valence-electron chi connectivity index (χ1n) is 11.9. The number of ether oxygens (including phenoxy) is 1. The molecule has 0 aromatic heterocycles. The zero-order valence-electron chi connectivity index (χ0n) is 20.9. The molecule has 1 N–H and O–H groups in total. The van der Waals surface area contributed by atoms with Crippen molar-refractivity contribution >= 4 is 35.5 Å². The molecule has 194 valence electrons. The van der Waals surface area contributed by atoms with E-state index in [4.69, 9.17) is 9.57 Å². The van der Waals surface area contributed by atoms with Gasteiger partial charge in [-0.25, -0.2) is 4.79 Å². The molecule has 2 rings (SSSR count). The van der Waals surface area contributed by atoms with Gasteiger partial charge in [0.15, 0.2) is 0 Å². The van der Waals surface area contributed by atoms with Crippen LogP contribution < -0.4 is 5.32 Å². The first-order valence-corrected chi connectivity index (χ1v) is 11.9. The van der Waals surface area contributed by atoms with Crippen LogP contribution in [0.4, 0.5) is 0 Å². The highest BCUT2D eigenvalue weighted by atomic mass is 16.7. The number of nitrogens with zero attached hydrogens (tertiary/aromatic N) is 2. The lowest BCUT2D eigenvalue weighted by molar-refractivity contribution is -0.199. The number of carbonyl (C=O) groups is 6. The molecule has 0 aromatic carbocycles. The second-order valence-electron chi connectivity index (χ2n) is 9.56. The first-order chi connectivity index (χ1) is 16.4. The van der Waals surface area contributed by atoms with E-state index < -0.39 is 40.6 Å². The van der Waals surface area contributed by atoms with Crippen LogP contribution in [-0.4, -0.2) is 70.8 Å². The Morgan fingerprint density at radius 3 is 2.11 bits per heavy atom. The monoisotopic (exact) mass is 493 g/mol. The van der Waals surface area contributed by atoms with Crippen molar-refractivity contribution in [1.29, 1.82) is 0 Å². The largest absolute Gasteiger partial charge is 0.373 e. The number of hydrogen-bond donors (Lipinski definition) is 1. The van der Waals surface area contributed by atoms with Crippen molar-refractivity contribution in [2.24, 2.45) is 5.41 Å². The van der Waals surface area contributed by atoms with Crippen LogP contribution in [-0.2, 0) is 38.3 Å². The van der Waals surface area contributed by atoms with Crippen molar-refractivity contribution < 1.29 is 38.3 Å². The van der Waals surface area contributed by atoms with Crippen molar-refractivity contribution in [2.75, 3.05) is 19.7 Å². The van der Waals surface area contributed by atoms with Gasteiger partial charge >= 0.3 is 5.97 Å². The highest BCUT2D eigenvalue weighted by Crippen LogP contribution is 2.29. The number of amides is 5. The van der Waals surface area contributed by atoms with Gasteiger partial charge in [-0.2, -0.15) is 0 Å². The molecule has 0 unspecified atom stereocenters. The van der Waals surface area contributed by atoms with Crippen molar-refractivity contribution in [2.45, 2.75) is 78.2 Å². The molecule has 0 spiro atoms. The molecule has 0 aliphatic carbocycles. The Labute approximate surface area is 205 Å². The topological polar surface area (TPSA) is 139 Å². The molecule has 2 aliphatic heterocycles. The molecule has 0 aromatic rings. The van der Waals surface area contributed by atoms with Crippen molar-refractivity contribution in [3.63, 3.8) is 0 Å². The molecule has 2 aliphatic rings. The summed E-state index contributed by atoms with van der Waals surface area (Å²) < 4.78 is 6.16. The van der Waals surface area contributed by atoms with Crippen LogP contribution in [0.3, 0.4) is 0 Å². The molecule has 1 saturated heterocycles. The maximum absolute atomic E-state index is 12.3. The van der Waals surface area contributed by atoms with E-state index in [-0.39, 0.29) is 44.7 Å². The lowest BCUT2D eigenvalue weighted by atomic mass is 9.86. The molecule has 1 fully saturated rings. The summed E-state index contributed by atoms with van der Waals surface area (Å²) in [7, 11) is 0. The van der Waals surface area contributed by atoms with Crippen LogP contribution in [0.1, 0.15) is 72.6 Å². The van der Waals surface area contributed by atoms with Crippen LogP contribution >= 0.6 is 0 Å². The molecule has 0 saturated carbocycles. The SMILES string of the molecule is CCC(CC)(CNC(=O)CCN1C(=O)C=CC1=O)OCCC(C)(C)CC(=O)ON1C(=O)CCC1=O. The van der Waals surface area contributed by atoms with Gasteiger partial charge < -0.3 is 14.9 Å². The van der Waals surface area contributed by atoms with Crippen molar-refractivity contribution in [1.82, 2.24) is 15.3 Å². The second kappa shape index (κ2) is 12.1. The van der Waals surface area contributed by atoms with Gasteiger partial charge in [-0.15, -0.1) is 5.06 Å². The number of rotatable bonds is 14. The Balaban J connectivity index is 1.78. The molecule has 0 radical (unpaired) electrons. The molecule has 2 heterocycles. The summed E-state index contributed by atoms with van der Waals surface area (Å²) in [4.78, 5) is 77.0. The average Bonchev–Trinajstić information content (AvgIpc) is 3.29. The fraction of sp³-hybridized carbons (Fsp3) is 0.667. The molecular weight excluding hydrogens is 458 g/mol. The minimum atomic E-state index is -0.659.